The second-order valence-electron chi connectivity index (χ2n) is 5.79. The second-order valence-corrected chi connectivity index (χ2v) is 6.80. The van der Waals surface area contributed by atoms with E-state index in [-0.39, 0.29) is 5.69 Å². The van der Waals surface area contributed by atoms with Gasteiger partial charge in [0.25, 0.3) is 0 Å². The molecule has 1 aliphatic rings. The van der Waals surface area contributed by atoms with Crippen molar-refractivity contribution in [2.75, 3.05) is 11.1 Å². The van der Waals surface area contributed by atoms with Crippen LogP contribution in [-0.4, -0.2) is 16.2 Å². The minimum Gasteiger partial charge on any atom is -0.374 e. The number of halogens is 2. The van der Waals surface area contributed by atoms with Crippen LogP contribution in [0, 0.1) is 11.6 Å². The molecule has 0 saturated heterocycles. The van der Waals surface area contributed by atoms with E-state index >= 15 is 0 Å². The number of nitrogens with one attached hydrogen (secondary N) is 2. The molecule has 6 nitrogen and oxygen atoms in total. The number of hydrogen-bond donors (Lipinski definition) is 3. The van der Waals surface area contributed by atoms with Crippen LogP contribution < -0.4 is 16.4 Å². The molecule has 2 aromatic rings. The number of benzene rings is 1. The highest BCUT2D eigenvalue weighted by molar-refractivity contribution is 7.15. The topological polar surface area (TPSA) is 92.9 Å². The first-order valence-corrected chi connectivity index (χ1v) is 8.44. The maximum atomic E-state index is 13.7. The number of nitrogens with two attached hydrogens (primary N) is 1. The van der Waals surface area contributed by atoms with Crippen molar-refractivity contribution in [1.82, 2.24) is 15.5 Å². The standard InChI is InChI=1S/C15H17F2N5OS/c16-9-4-5-10(17)11(8-9)19-14(23)20-15(6-2-1-3-7-15)12-21-22-13(18)24-12/h4-5,8H,1-3,6-7H2,(H2,18,22)(H2,19,20,23). The zero-order valence-electron chi connectivity index (χ0n) is 12.8. The van der Waals surface area contributed by atoms with Crippen LogP contribution in [0.3, 0.4) is 0 Å². The number of nitrogen functional groups attached to an aromatic ring is 1. The van der Waals surface area contributed by atoms with Gasteiger partial charge in [-0.25, -0.2) is 13.6 Å². The molecular formula is C15H17F2N5OS. The van der Waals surface area contributed by atoms with Crippen molar-refractivity contribution < 1.29 is 13.6 Å². The van der Waals surface area contributed by atoms with Crippen molar-refractivity contribution in [2.45, 2.75) is 37.6 Å². The van der Waals surface area contributed by atoms with E-state index < -0.39 is 23.2 Å². The normalized spacial score (nSPS) is 16.6. The number of amides is 2. The molecule has 0 spiro atoms. The SMILES string of the molecule is Nc1nnc(C2(NC(=O)Nc3cc(F)ccc3F)CCCCC2)s1. The predicted molar refractivity (Wildman–Crippen MR) is 87.6 cm³/mol. The van der Waals surface area contributed by atoms with Crippen LogP contribution >= 0.6 is 11.3 Å². The summed E-state index contributed by atoms with van der Waals surface area (Å²) < 4.78 is 26.9. The van der Waals surface area contributed by atoms with Gasteiger partial charge in [-0.1, -0.05) is 30.6 Å². The summed E-state index contributed by atoms with van der Waals surface area (Å²) in [5, 5.41) is 14.1. The molecule has 0 atom stereocenters. The number of urea groups is 1. The molecule has 9 heteroatoms. The Morgan fingerprint density at radius 1 is 1.21 bits per heavy atom. The van der Waals surface area contributed by atoms with E-state index in [0.717, 1.165) is 37.5 Å². The Balaban J connectivity index is 1.80. The first kappa shape index (κ1) is 16.6. The van der Waals surface area contributed by atoms with Crippen molar-refractivity contribution >= 4 is 28.2 Å². The van der Waals surface area contributed by atoms with E-state index in [1.54, 1.807) is 0 Å². The van der Waals surface area contributed by atoms with E-state index in [9.17, 15) is 13.6 Å². The number of aromatic nitrogens is 2. The highest BCUT2D eigenvalue weighted by atomic mass is 32.1. The molecule has 1 aromatic carbocycles. The molecule has 1 aromatic heterocycles. The van der Waals surface area contributed by atoms with Gasteiger partial charge in [0.05, 0.1) is 11.2 Å². The lowest BCUT2D eigenvalue weighted by Crippen LogP contribution is -2.49. The van der Waals surface area contributed by atoms with E-state index in [1.807, 2.05) is 0 Å². The maximum Gasteiger partial charge on any atom is 0.320 e. The lowest BCUT2D eigenvalue weighted by atomic mass is 9.82. The molecule has 0 aliphatic heterocycles. The summed E-state index contributed by atoms with van der Waals surface area (Å²) in [6.07, 6.45) is 4.31. The van der Waals surface area contributed by atoms with Crippen molar-refractivity contribution in [1.29, 1.82) is 0 Å². The largest absolute Gasteiger partial charge is 0.374 e. The Kier molecular flexibility index (Phi) is 4.61. The Bertz CT molecular complexity index is 745. The molecule has 1 saturated carbocycles. The van der Waals surface area contributed by atoms with Crippen molar-refractivity contribution in [3.63, 3.8) is 0 Å². The molecule has 1 fully saturated rings. The van der Waals surface area contributed by atoms with Gasteiger partial charge in [-0.3, -0.25) is 0 Å². The molecular weight excluding hydrogens is 336 g/mol. The first-order chi connectivity index (χ1) is 11.5. The lowest BCUT2D eigenvalue weighted by molar-refractivity contribution is 0.211. The summed E-state index contributed by atoms with van der Waals surface area (Å²) in [5.41, 5.74) is 4.77. The zero-order valence-corrected chi connectivity index (χ0v) is 13.6. The Labute approximate surface area is 141 Å². The molecule has 1 heterocycles. The van der Waals surface area contributed by atoms with Crippen molar-refractivity contribution in [3.05, 3.63) is 34.8 Å². The number of carbonyl (C=O) groups excluding carboxylic acids is 1. The Morgan fingerprint density at radius 2 is 1.96 bits per heavy atom. The summed E-state index contributed by atoms with van der Waals surface area (Å²) in [4.78, 5) is 12.3. The number of nitrogens with zero attached hydrogens (tertiary/aromatic N) is 2. The third kappa shape index (κ3) is 3.45. The van der Waals surface area contributed by atoms with Crippen LogP contribution in [0.1, 0.15) is 37.1 Å². The van der Waals surface area contributed by atoms with E-state index in [0.29, 0.717) is 23.0 Å². The fraction of sp³-hybridized carbons (Fsp3) is 0.400. The van der Waals surface area contributed by atoms with Crippen LogP contribution in [0.5, 0.6) is 0 Å². The van der Waals surface area contributed by atoms with Gasteiger partial charge < -0.3 is 16.4 Å². The third-order valence-electron chi connectivity index (χ3n) is 4.09. The van der Waals surface area contributed by atoms with Gasteiger partial charge in [-0.2, -0.15) is 0 Å². The summed E-state index contributed by atoms with van der Waals surface area (Å²) in [6.45, 7) is 0. The number of anilines is 2. The second kappa shape index (κ2) is 6.68. The average Bonchev–Trinajstić information content (AvgIpc) is 2.99. The number of rotatable bonds is 3. The van der Waals surface area contributed by atoms with Gasteiger partial charge in [0.2, 0.25) is 5.13 Å². The molecule has 1 aliphatic carbocycles. The maximum absolute atomic E-state index is 13.7. The van der Waals surface area contributed by atoms with Crippen LogP contribution in [0.4, 0.5) is 24.4 Å². The minimum atomic E-state index is -0.704. The predicted octanol–water partition coefficient (Wildman–Crippen LogP) is 3.38. The van der Waals surface area contributed by atoms with Crippen molar-refractivity contribution in [2.24, 2.45) is 0 Å². The first-order valence-electron chi connectivity index (χ1n) is 7.62. The molecule has 0 radical (unpaired) electrons. The van der Waals surface area contributed by atoms with Crippen LogP contribution in [0.15, 0.2) is 18.2 Å². The molecule has 0 unspecified atom stereocenters. The molecule has 3 rings (SSSR count). The summed E-state index contributed by atoms with van der Waals surface area (Å²) >= 11 is 1.23. The fourth-order valence-electron chi connectivity index (χ4n) is 2.94. The lowest BCUT2D eigenvalue weighted by Gasteiger charge is -2.35. The minimum absolute atomic E-state index is 0.213. The zero-order chi connectivity index (χ0) is 17.2. The van der Waals surface area contributed by atoms with Gasteiger partial charge >= 0.3 is 6.03 Å². The van der Waals surface area contributed by atoms with Crippen molar-refractivity contribution in [3.8, 4) is 0 Å². The summed E-state index contributed by atoms with van der Waals surface area (Å²) in [7, 11) is 0. The van der Waals surface area contributed by atoms with Gasteiger partial charge in [0, 0.05) is 6.07 Å². The summed E-state index contributed by atoms with van der Waals surface area (Å²) in [5.74, 6) is -1.33. The van der Waals surface area contributed by atoms with Gasteiger partial charge in [-0.15, -0.1) is 10.2 Å². The third-order valence-corrected chi connectivity index (χ3v) is 5.04. The molecule has 0 bridgehead atoms. The quantitative estimate of drug-likeness (QED) is 0.789. The Morgan fingerprint density at radius 3 is 2.62 bits per heavy atom. The van der Waals surface area contributed by atoms with E-state index in [1.165, 1.54) is 11.3 Å². The smallest absolute Gasteiger partial charge is 0.320 e. The molecule has 24 heavy (non-hydrogen) atoms. The fourth-order valence-corrected chi connectivity index (χ4v) is 3.75. The molecule has 4 N–H and O–H groups in total. The van der Waals surface area contributed by atoms with Gasteiger partial charge in [0.1, 0.15) is 16.6 Å². The highest BCUT2D eigenvalue weighted by Gasteiger charge is 2.38. The van der Waals surface area contributed by atoms with Crippen LogP contribution in [0.2, 0.25) is 0 Å². The number of hydrogen-bond acceptors (Lipinski definition) is 5. The van der Waals surface area contributed by atoms with E-state index in [4.69, 9.17) is 5.73 Å². The average molecular weight is 353 g/mol. The van der Waals surface area contributed by atoms with Crippen LogP contribution in [0.25, 0.3) is 0 Å². The van der Waals surface area contributed by atoms with Gasteiger partial charge in [0.15, 0.2) is 0 Å². The molecule has 2 amide bonds. The van der Waals surface area contributed by atoms with Crippen LogP contribution in [-0.2, 0) is 5.54 Å². The molecule has 128 valence electrons. The number of carbonyl (C=O) groups is 1. The monoisotopic (exact) mass is 353 g/mol. The Hall–Kier alpha value is -2.29. The highest BCUT2D eigenvalue weighted by Crippen LogP contribution is 2.39. The van der Waals surface area contributed by atoms with E-state index in [2.05, 4.69) is 20.8 Å². The van der Waals surface area contributed by atoms with Gasteiger partial charge in [-0.05, 0) is 25.0 Å². The summed E-state index contributed by atoms with van der Waals surface area (Å²) in [6, 6.07) is 2.28.